The van der Waals surface area contributed by atoms with Crippen LogP contribution in [0.15, 0.2) is 35.3 Å². The third-order valence-electron chi connectivity index (χ3n) is 4.50. The molecule has 0 radical (unpaired) electrons. The number of benzene rings is 1. The van der Waals surface area contributed by atoms with Crippen molar-refractivity contribution in [1.82, 2.24) is 14.9 Å². The second-order valence-electron chi connectivity index (χ2n) is 6.42. The number of hydrogen-bond donors (Lipinski definition) is 2. The van der Waals surface area contributed by atoms with Crippen LogP contribution in [0.2, 0.25) is 0 Å². The van der Waals surface area contributed by atoms with Crippen molar-refractivity contribution in [3.63, 3.8) is 0 Å². The maximum Gasteiger partial charge on any atom is 0.211 e. The molecular weight excluding hydrogens is 463 g/mol. The molecule has 0 spiro atoms. The second-order valence-corrected chi connectivity index (χ2v) is 8.51. The number of hydrogen-bond acceptors (Lipinski definition) is 3. The van der Waals surface area contributed by atoms with E-state index in [1.54, 1.807) is 14.0 Å². The van der Waals surface area contributed by atoms with E-state index in [0.717, 1.165) is 31.9 Å². The van der Waals surface area contributed by atoms with Crippen molar-refractivity contribution in [2.24, 2.45) is 10.9 Å². The number of aliphatic imine (C=N–C) groups is 1. The number of nitrogens with zero attached hydrogens (tertiary/aromatic N) is 2. The summed E-state index contributed by atoms with van der Waals surface area (Å²) in [5.41, 5.74) is 1.39. The first kappa shape index (κ1) is 23.2. The van der Waals surface area contributed by atoms with Crippen molar-refractivity contribution in [2.75, 3.05) is 39.0 Å². The lowest BCUT2D eigenvalue weighted by atomic mass is 9.99. The van der Waals surface area contributed by atoms with Gasteiger partial charge in [0.25, 0.3) is 0 Å². The third kappa shape index (κ3) is 7.79. The van der Waals surface area contributed by atoms with Gasteiger partial charge in [0.05, 0.1) is 5.75 Å². The first-order valence-corrected chi connectivity index (χ1v) is 10.7. The average molecular weight is 494 g/mol. The molecule has 2 N–H and O–H groups in total. The molecule has 1 unspecified atom stereocenters. The van der Waals surface area contributed by atoms with Crippen LogP contribution in [0.25, 0.3) is 0 Å². The van der Waals surface area contributed by atoms with Crippen LogP contribution in [-0.4, -0.2) is 58.3 Å². The van der Waals surface area contributed by atoms with E-state index in [4.69, 9.17) is 0 Å². The van der Waals surface area contributed by atoms with Crippen molar-refractivity contribution < 1.29 is 8.42 Å². The van der Waals surface area contributed by atoms with Crippen LogP contribution in [-0.2, 0) is 16.4 Å². The maximum atomic E-state index is 11.4. The summed E-state index contributed by atoms with van der Waals surface area (Å²) >= 11 is 0. The topological polar surface area (TPSA) is 73.8 Å². The zero-order valence-corrected chi connectivity index (χ0v) is 18.8. The molecule has 26 heavy (non-hydrogen) atoms. The highest BCUT2D eigenvalue weighted by atomic mass is 127. The van der Waals surface area contributed by atoms with Gasteiger partial charge in [-0.25, -0.2) is 13.1 Å². The molecule has 1 aromatic rings. The summed E-state index contributed by atoms with van der Waals surface area (Å²) in [6.07, 6.45) is 3.01. The van der Waals surface area contributed by atoms with Crippen LogP contribution in [0.3, 0.4) is 0 Å². The van der Waals surface area contributed by atoms with Gasteiger partial charge in [-0.2, -0.15) is 0 Å². The number of sulfonamides is 1. The van der Waals surface area contributed by atoms with Gasteiger partial charge in [-0.3, -0.25) is 4.99 Å². The zero-order chi connectivity index (χ0) is 18.1. The number of rotatable bonds is 8. The molecule has 2 rings (SSSR count). The number of halogens is 1. The molecule has 1 aromatic carbocycles. The molecule has 1 heterocycles. The Kier molecular flexibility index (Phi) is 10.5. The van der Waals surface area contributed by atoms with Crippen LogP contribution >= 0.6 is 24.0 Å². The van der Waals surface area contributed by atoms with E-state index in [9.17, 15) is 8.42 Å². The van der Waals surface area contributed by atoms with E-state index in [1.165, 1.54) is 12.0 Å². The first-order chi connectivity index (χ1) is 12.0. The minimum Gasteiger partial charge on any atom is -0.356 e. The molecule has 1 atom stereocenters. The van der Waals surface area contributed by atoms with Crippen LogP contribution < -0.4 is 10.0 Å². The fraction of sp³-hybridized carbons (Fsp3) is 0.611. The van der Waals surface area contributed by atoms with Crippen LogP contribution in [0.5, 0.6) is 0 Å². The number of likely N-dealkylation sites (tertiary alicyclic amines) is 1. The molecule has 1 aliphatic heterocycles. The van der Waals surface area contributed by atoms with Gasteiger partial charge in [-0.05, 0) is 37.7 Å². The smallest absolute Gasteiger partial charge is 0.211 e. The minimum absolute atomic E-state index is 0. The van der Waals surface area contributed by atoms with Crippen LogP contribution in [0.1, 0.15) is 25.3 Å². The molecule has 0 amide bonds. The van der Waals surface area contributed by atoms with E-state index in [-0.39, 0.29) is 29.7 Å². The predicted molar refractivity (Wildman–Crippen MR) is 119 cm³/mol. The molecular formula is C18H31IN4O2S. The third-order valence-corrected chi connectivity index (χ3v) is 5.91. The Labute approximate surface area is 174 Å². The average Bonchev–Trinajstić information content (AvgIpc) is 3.07. The fourth-order valence-electron chi connectivity index (χ4n) is 3.09. The summed E-state index contributed by atoms with van der Waals surface area (Å²) in [5.74, 6) is 1.69. The van der Waals surface area contributed by atoms with Crippen LogP contribution in [0.4, 0.5) is 0 Å². The SMILES string of the molecule is CCS(=O)(=O)NCCCNC(=NC)N1CCC(Cc2ccccc2)C1.I. The van der Waals surface area contributed by atoms with Crippen molar-refractivity contribution in [2.45, 2.75) is 26.2 Å². The summed E-state index contributed by atoms with van der Waals surface area (Å²) in [4.78, 5) is 6.66. The van der Waals surface area contributed by atoms with Gasteiger partial charge in [-0.1, -0.05) is 30.3 Å². The molecule has 1 aliphatic rings. The zero-order valence-electron chi connectivity index (χ0n) is 15.6. The van der Waals surface area contributed by atoms with Gasteiger partial charge in [0.1, 0.15) is 0 Å². The van der Waals surface area contributed by atoms with E-state index in [0.29, 0.717) is 19.0 Å². The molecule has 0 saturated carbocycles. The Morgan fingerprint density at radius 1 is 1.27 bits per heavy atom. The summed E-state index contributed by atoms with van der Waals surface area (Å²) < 4.78 is 25.4. The molecule has 1 saturated heterocycles. The molecule has 0 bridgehead atoms. The standard InChI is InChI=1S/C18H30N4O2S.HI/c1-3-25(23,24)21-12-7-11-20-18(19-2)22-13-10-17(15-22)14-16-8-5-4-6-9-16;/h4-6,8-9,17,21H,3,7,10-15H2,1-2H3,(H,19,20);1H. The number of guanidine groups is 1. The minimum atomic E-state index is -3.10. The predicted octanol–water partition coefficient (Wildman–Crippen LogP) is 2.07. The summed E-state index contributed by atoms with van der Waals surface area (Å²) in [7, 11) is -1.30. The Bertz CT molecular complexity index is 652. The number of nitrogens with one attached hydrogen (secondary N) is 2. The van der Waals surface area contributed by atoms with Gasteiger partial charge in [0.2, 0.25) is 10.0 Å². The van der Waals surface area contributed by atoms with Gasteiger partial charge in [-0.15, -0.1) is 24.0 Å². The van der Waals surface area contributed by atoms with Gasteiger partial charge in [0.15, 0.2) is 5.96 Å². The van der Waals surface area contributed by atoms with Crippen molar-refractivity contribution >= 4 is 40.0 Å². The van der Waals surface area contributed by atoms with E-state index in [2.05, 4.69) is 50.3 Å². The van der Waals surface area contributed by atoms with E-state index < -0.39 is 10.0 Å². The summed E-state index contributed by atoms with van der Waals surface area (Å²) in [5, 5.41) is 3.34. The highest BCUT2D eigenvalue weighted by Crippen LogP contribution is 2.20. The van der Waals surface area contributed by atoms with E-state index >= 15 is 0 Å². The molecule has 148 valence electrons. The highest BCUT2D eigenvalue weighted by molar-refractivity contribution is 14.0. The van der Waals surface area contributed by atoms with Gasteiger partial charge < -0.3 is 10.2 Å². The Balaban J connectivity index is 0.00000338. The molecule has 0 aromatic heterocycles. The molecule has 1 fully saturated rings. The second kappa shape index (κ2) is 11.8. The largest absolute Gasteiger partial charge is 0.356 e. The Morgan fingerprint density at radius 3 is 2.65 bits per heavy atom. The molecule has 8 heteroatoms. The van der Waals surface area contributed by atoms with Crippen molar-refractivity contribution in [1.29, 1.82) is 0 Å². The summed E-state index contributed by atoms with van der Waals surface area (Å²) in [6, 6.07) is 10.6. The van der Waals surface area contributed by atoms with Gasteiger partial charge in [0, 0.05) is 33.2 Å². The lowest BCUT2D eigenvalue weighted by Crippen LogP contribution is -2.41. The van der Waals surface area contributed by atoms with Crippen LogP contribution in [0, 0.1) is 5.92 Å². The maximum absolute atomic E-state index is 11.4. The lowest BCUT2D eigenvalue weighted by Gasteiger charge is -2.21. The Hall–Kier alpha value is -0.870. The molecule has 0 aliphatic carbocycles. The van der Waals surface area contributed by atoms with Crippen molar-refractivity contribution in [3.8, 4) is 0 Å². The lowest BCUT2D eigenvalue weighted by molar-refractivity contribution is 0.459. The molecule has 6 nitrogen and oxygen atoms in total. The van der Waals surface area contributed by atoms with Crippen molar-refractivity contribution in [3.05, 3.63) is 35.9 Å². The normalized spacial score (nSPS) is 17.8. The highest BCUT2D eigenvalue weighted by Gasteiger charge is 2.24. The fourth-order valence-corrected chi connectivity index (χ4v) is 3.75. The quantitative estimate of drug-likeness (QED) is 0.251. The van der Waals surface area contributed by atoms with E-state index in [1.807, 2.05) is 0 Å². The Morgan fingerprint density at radius 2 is 2.00 bits per heavy atom. The first-order valence-electron chi connectivity index (χ1n) is 9.01. The van der Waals surface area contributed by atoms with Gasteiger partial charge >= 0.3 is 0 Å². The summed E-state index contributed by atoms with van der Waals surface area (Å²) in [6.45, 7) is 4.83. The monoisotopic (exact) mass is 494 g/mol.